The topological polar surface area (TPSA) is 56.0 Å². The molecule has 1 aromatic heterocycles. The summed E-state index contributed by atoms with van der Waals surface area (Å²) in [4.78, 5) is 14.6. The number of nitrogens with two attached hydrogens (primary N) is 1. The summed E-state index contributed by atoms with van der Waals surface area (Å²) in [5, 5.41) is 0. The molecule has 0 spiro atoms. The molecule has 3 nitrogen and oxygen atoms in total. The molecule has 0 aliphatic carbocycles. The molecule has 1 amide bonds. The smallest absolute Gasteiger partial charge is 0.248 e. The molecule has 0 saturated heterocycles. The highest BCUT2D eigenvalue weighted by atomic mass is 19.2. The minimum Gasteiger partial charge on any atom is -0.366 e. The number of aromatic nitrogens is 1. The van der Waals surface area contributed by atoms with Crippen LogP contribution in [0.15, 0.2) is 24.3 Å². The van der Waals surface area contributed by atoms with E-state index in [2.05, 4.69) is 4.98 Å². The zero-order chi connectivity index (χ0) is 14.2. The van der Waals surface area contributed by atoms with E-state index in [1.165, 1.54) is 31.2 Å². The maximum Gasteiger partial charge on any atom is 0.248 e. The summed E-state index contributed by atoms with van der Waals surface area (Å²) in [5.74, 6) is -4.88. The highest BCUT2D eigenvalue weighted by Crippen LogP contribution is 2.25. The lowest BCUT2D eigenvalue weighted by atomic mass is 10.1. The van der Waals surface area contributed by atoms with Gasteiger partial charge in [0.2, 0.25) is 5.91 Å². The van der Waals surface area contributed by atoms with Gasteiger partial charge in [-0.1, -0.05) is 12.1 Å². The molecule has 0 unspecified atom stereocenters. The predicted octanol–water partition coefficient (Wildman–Crippen LogP) is 2.57. The zero-order valence-corrected chi connectivity index (χ0v) is 9.88. The van der Waals surface area contributed by atoms with Crippen LogP contribution in [0.25, 0.3) is 11.3 Å². The molecule has 0 saturated carbocycles. The number of amides is 1. The highest BCUT2D eigenvalue weighted by molar-refractivity contribution is 5.93. The molecule has 2 rings (SSSR count). The second kappa shape index (κ2) is 4.72. The minimum absolute atomic E-state index is 0.225. The van der Waals surface area contributed by atoms with Crippen molar-refractivity contribution in [3.05, 3.63) is 53.0 Å². The van der Waals surface area contributed by atoms with Crippen molar-refractivity contribution >= 4 is 5.91 Å². The Balaban J connectivity index is 2.56. The molecular formula is C13H9F3N2O. The number of pyridine rings is 1. The van der Waals surface area contributed by atoms with Gasteiger partial charge in [0.25, 0.3) is 0 Å². The van der Waals surface area contributed by atoms with Gasteiger partial charge in [-0.05, 0) is 19.1 Å². The maximum atomic E-state index is 13.6. The van der Waals surface area contributed by atoms with E-state index in [1.54, 1.807) is 0 Å². The van der Waals surface area contributed by atoms with Crippen LogP contribution in [-0.2, 0) is 0 Å². The SMILES string of the molecule is Cc1nc(-c2ccc(C(N)=O)cc2)c(F)c(F)c1F. The van der Waals surface area contributed by atoms with Crippen LogP contribution in [-0.4, -0.2) is 10.9 Å². The van der Waals surface area contributed by atoms with E-state index in [0.29, 0.717) is 0 Å². The molecule has 2 aromatic rings. The first-order valence-corrected chi connectivity index (χ1v) is 5.33. The Morgan fingerprint density at radius 1 is 1.05 bits per heavy atom. The summed E-state index contributed by atoms with van der Waals surface area (Å²) in [5.41, 5.74) is 4.96. The Kier molecular flexibility index (Phi) is 3.25. The summed E-state index contributed by atoms with van der Waals surface area (Å²) in [6.45, 7) is 1.24. The first-order valence-electron chi connectivity index (χ1n) is 5.33. The van der Waals surface area contributed by atoms with Gasteiger partial charge in [0.15, 0.2) is 17.5 Å². The summed E-state index contributed by atoms with van der Waals surface area (Å²) in [6, 6.07) is 5.44. The summed E-state index contributed by atoms with van der Waals surface area (Å²) in [7, 11) is 0. The number of halogens is 3. The second-order valence-corrected chi connectivity index (χ2v) is 3.93. The number of hydrogen-bond acceptors (Lipinski definition) is 2. The van der Waals surface area contributed by atoms with Crippen LogP contribution in [0.4, 0.5) is 13.2 Å². The third kappa shape index (κ3) is 2.29. The highest BCUT2D eigenvalue weighted by Gasteiger charge is 2.19. The molecular weight excluding hydrogens is 257 g/mol. The lowest BCUT2D eigenvalue weighted by molar-refractivity contribution is 0.100. The van der Waals surface area contributed by atoms with Gasteiger partial charge in [0.1, 0.15) is 5.69 Å². The van der Waals surface area contributed by atoms with Crippen molar-refractivity contribution in [1.29, 1.82) is 0 Å². The van der Waals surface area contributed by atoms with Crippen LogP contribution in [0.1, 0.15) is 16.1 Å². The van der Waals surface area contributed by atoms with Gasteiger partial charge in [0, 0.05) is 11.1 Å². The van der Waals surface area contributed by atoms with Gasteiger partial charge >= 0.3 is 0 Å². The number of carbonyl (C=O) groups is 1. The van der Waals surface area contributed by atoms with E-state index in [-0.39, 0.29) is 22.5 Å². The van der Waals surface area contributed by atoms with Crippen molar-refractivity contribution in [1.82, 2.24) is 4.98 Å². The standard InChI is InChI=1S/C13H9F3N2O/c1-6-9(14)10(15)11(16)12(18-6)7-2-4-8(5-3-7)13(17)19/h2-5H,1H3,(H2,17,19). The molecule has 1 heterocycles. The van der Waals surface area contributed by atoms with Crippen LogP contribution in [0.2, 0.25) is 0 Å². The van der Waals surface area contributed by atoms with E-state index < -0.39 is 23.4 Å². The molecule has 0 aliphatic heterocycles. The van der Waals surface area contributed by atoms with Crippen LogP contribution < -0.4 is 5.73 Å². The molecule has 0 radical (unpaired) electrons. The number of aryl methyl sites for hydroxylation is 1. The van der Waals surface area contributed by atoms with Crippen LogP contribution in [0, 0.1) is 24.4 Å². The van der Waals surface area contributed by atoms with E-state index in [9.17, 15) is 18.0 Å². The summed E-state index contributed by atoms with van der Waals surface area (Å²) >= 11 is 0. The third-order valence-corrected chi connectivity index (χ3v) is 2.63. The molecule has 19 heavy (non-hydrogen) atoms. The fourth-order valence-electron chi connectivity index (χ4n) is 1.61. The first-order chi connectivity index (χ1) is 8.91. The van der Waals surface area contributed by atoms with Gasteiger partial charge in [0.05, 0.1) is 5.69 Å². The average molecular weight is 266 g/mol. The molecule has 98 valence electrons. The number of benzene rings is 1. The van der Waals surface area contributed by atoms with Crippen molar-refractivity contribution < 1.29 is 18.0 Å². The number of rotatable bonds is 2. The molecule has 6 heteroatoms. The van der Waals surface area contributed by atoms with Crippen molar-refractivity contribution in [2.75, 3.05) is 0 Å². The van der Waals surface area contributed by atoms with Crippen molar-refractivity contribution in [2.45, 2.75) is 6.92 Å². The molecule has 0 atom stereocenters. The minimum atomic E-state index is -1.57. The van der Waals surface area contributed by atoms with Crippen LogP contribution >= 0.6 is 0 Å². The normalized spacial score (nSPS) is 10.5. The van der Waals surface area contributed by atoms with Gasteiger partial charge in [-0.15, -0.1) is 0 Å². The molecule has 0 fully saturated rings. The Bertz CT molecular complexity index is 654. The third-order valence-electron chi connectivity index (χ3n) is 2.63. The lowest BCUT2D eigenvalue weighted by Gasteiger charge is -2.07. The van der Waals surface area contributed by atoms with Gasteiger partial charge in [-0.2, -0.15) is 0 Å². The number of nitrogens with zero attached hydrogens (tertiary/aromatic N) is 1. The zero-order valence-electron chi connectivity index (χ0n) is 9.88. The largest absolute Gasteiger partial charge is 0.366 e. The molecule has 0 aliphatic rings. The summed E-state index contributed by atoms with van der Waals surface area (Å²) in [6.07, 6.45) is 0. The predicted molar refractivity (Wildman–Crippen MR) is 62.8 cm³/mol. The molecule has 0 bridgehead atoms. The number of carbonyl (C=O) groups excluding carboxylic acids is 1. The maximum absolute atomic E-state index is 13.6. The Labute approximate surface area is 106 Å². The lowest BCUT2D eigenvalue weighted by Crippen LogP contribution is -2.10. The second-order valence-electron chi connectivity index (χ2n) is 3.93. The Hall–Kier alpha value is -2.37. The summed E-state index contributed by atoms with van der Waals surface area (Å²) < 4.78 is 40.0. The van der Waals surface area contributed by atoms with E-state index >= 15 is 0 Å². The monoisotopic (exact) mass is 266 g/mol. The Morgan fingerprint density at radius 3 is 2.16 bits per heavy atom. The van der Waals surface area contributed by atoms with Gasteiger partial charge in [-0.3, -0.25) is 4.79 Å². The first kappa shape index (κ1) is 13.1. The van der Waals surface area contributed by atoms with Crippen molar-refractivity contribution in [2.24, 2.45) is 5.73 Å². The quantitative estimate of drug-likeness (QED) is 0.908. The number of hydrogen-bond donors (Lipinski definition) is 1. The van der Waals surface area contributed by atoms with Gasteiger partial charge in [-0.25, -0.2) is 18.2 Å². The van der Waals surface area contributed by atoms with E-state index in [4.69, 9.17) is 5.73 Å². The fraction of sp³-hybridized carbons (Fsp3) is 0.0769. The van der Waals surface area contributed by atoms with Crippen LogP contribution in [0.3, 0.4) is 0 Å². The average Bonchev–Trinajstić information content (AvgIpc) is 2.40. The fourth-order valence-corrected chi connectivity index (χ4v) is 1.61. The number of primary amides is 1. The van der Waals surface area contributed by atoms with Crippen LogP contribution in [0.5, 0.6) is 0 Å². The van der Waals surface area contributed by atoms with Crippen molar-refractivity contribution in [3.8, 4) is 11.3 Å². The van der Waals surface area contributed by atoms with E-state index in [1.807, 2.05) is 0 Å². The molecule has 2 N–H and O–H groups in total. The Morgan fingerprint density at radius 2 is 1.63 bits per heavy atom. The van der Waals surface area contributed by atoms with Crippen molar-refractivity contribution in [3.63, 3.8) is 0 Å². The van der Waals surface area contributed by atoms with E-state index in [0.717, 1.165) is 0 Å². The van der Waals surface area contributed by atoms with Gasteiger partial charge < -0.3 is 5.73 Å². The molecule has 1 aromatic carbocycles.